The number of β-amino-alcohol motifs (C(OH)–C–C–N with tert-alkyl or cyclic N) is 1. The van der Waals surface area contributed by atoms with Gasteiger partial charge in [0.1, 0.15) is 12.7 Å². The van der Waals surface area contributed by atoms with E-state index < -0.39 is 6.10 Å². The van der Waals surface area contributed by atoms with Gasteiger partial charge < -0.3 is 30.1 Å². The van der Waals surface area contributed by atoms with Crippen molar-refractivity contribution in [3.8, 4) is 11.5 Å². The third-order valence-electron chi connectivity index (χ3n) is 5.36. The first-order chi connectivity index (χ1) is 14.2. The minimum Gasteiger partial charge on any atom is -0.486 e. The van der Waals surface area contributed by atoms with Gasteiger partial charge in [-0.2, -0.15) is 0 Å². The molecule has 1 saturated heterocycles. The zero-order valence-corrected chi connectivity index (χ0v) is 16.3. The maximum absolute atomic E-state index is 12.1. The fourth-order valence-corrected chi connectivity index (χ4v) is 3.74. The zero-order valence-electron chi connectivity index (χ0n) is 16.3. The number of benzene rings is 2. The molecule has 0 radical (unpaired) electrons. The third kappa shape index (κ3) is 5.19. The van der Waals surface area contributed by atoms with Crippen molar-refractivity contribution in [1.82, 2.24) is 10.2 Å². The van der Waals surface area contributed by atoms with Gasteiger partial charge in [-0.25, -0.2) is 4.79 Å². The van der Waals surface area contributed by atoms with Crippen molar-refractivity contribution < 1.29 is 19.4 Å². The summed E-state index contributed by atoms with van der Waals surface area (Å²) >= 11 is 0. The molecule has 2 aromatic rings. The Labute approximate surface area is 170 Å². The number of ether oxygens (including phenoxy) is 2. The second kappa shape index (κ2) is 9.15. The lowest BCUT2D eigenvalue weighted by Crippen LogP contribution is -2.50. The molecule has 0 aromatic heterocycles. The number of carbonyl (C=O) groups excluding carboxylic acids is 1. The first kappa shape index (κ1) is 19.5. The van der Waals surface area contributed by atoms with Gasteiger partial charge in [0, 0.05) is 31.4 Å². The van der Waals surface area contributed by atoms with Crippen LogP contribution in [0.2, 0.25) is 0 Å². The fraction of sp³-hybridized carbons (Fsp3) is 0.409. The number of amides is 2. The van der Waals surface area contributed by atoms with Crippen LogP contribution in [0.4, 0.5) is 10.5 Å². The summed E-state index contributed by atoms with van der Waals surface area (Å²) in [5, 5.41) is 16.5. The van der Waals surface area contributed by atoms with Crippen LogP contribution in [0, 0.1) is 0 Å². The van der Waals surface area contributed by atoms with Gasteiger partial charge in [0.05, 0.1) is 0 Å². The molecule has 154 valence electrons. The van der Waals surface area contributed by atoms with Gasteiger partial charge >= 0.3 is 6.03 Å². The van der Waals surface area contributed by atoms with Crippen LogP contribution in [-0.2, 0) is 0 Å². The Morgan fingerprint density at radius 3 is 2.52 bits per heavy atom. The Bertz CT molecular complexity index is 809. The van der Waals surface area contributed by atoms with Crippen LogP contribution >= 0.6 is 0 Å². The molecule has 7 nitrogen and oxygen atoms in total. The Morgan fingerprint density at radius 1 is 1.07 bits per heavy atom. The van der Waals surface area contributed by atoms with Crippen LogP contribution < -0.4 is 20.1 Å². The number of piperidine rings is 1. The molecule has 0 saturated carbocycles. The molecule has 0 spiro atoms. The van der Waals surface area contributed by atoms with Crippen LogP contribution in [0.25, 0.3) is 0 Å². The normalized spacial score (nSPS) is 20.7. The van der Waals surface area contributed by atoms with Crippen LogP contribution in [-0.4, -0.2) is 60.5 Å². The van der Waals surface area contributed by atoms with E-state index in [9.17, 15) is 9.90 Å². The molecule has 7 heteroatoms. The van der Waals surface area contributed by atoms with Crippen molar-refractivity contribution in [3.05, 3.63) is 54.6 Å². The molecule has 2 amide bonds. The minimum atomic E-state index is -0.630. The largest absolute Gasteiger partial charge is 0.486 e. The highest BCUT2D eigenvalue weighted by Gasteiger charge is 2.30. The van der Waals surface area contributed by atoms with Crippen molar-refractivity contribution in [2.24, 2.45) is 0 Å². The maximum Gasteiger partial charge on any atom is 0.319 e. The van der Waals surface area contributed by atoms with E-state index in [1.165, 1.54) is 0 Å². The van der Waals surface area contributed by atoms with E-state index in [1.807, 2.05) is 54.6 Å². The van der Waals surface area contributed by atoms with Gasteiger partial charge in [0.15, 0.2) is 17.6 Å². The molecule has 1 fully saturated rings. The second-order valence-corrected chi connectivity index (χ2v) is 7.52. The number of rotatable bonds is 5. The smallest absolute Gasteiger partial charge is 0.319 e. The summed E-state index contributed by atoms with van der Waals surface area (Å²) in [6, 6.07) is 16.9. The summed E-state index contributed by atoms with van der Waals surface area (Å²) in [5.74, 6) is 1.40. The van der Waals surface area contributed by atoms with Gasteiger partial charge in [-0.05, 0) is 37.1 Å². The summed E-state index contributed by atoms with van der Waals surface area (Å²) in [4.78, 5) is 14.4. The van der Waals surface area contributed by atoms with Crippen molar-refractivity contribution in [2.45, 2.75) is 31.1 Å². The van der Waals surface area contributed by atoms with Crippen molar-refractivity contribution in [1.29, 1.82) is 0 Å². The Morgan fingerprint density at radius 2 is 1.76 bits per heavy atom. The molecule has 2 atom stereocenters. The fourth-order valence-electron chi connectivity index (χ4n) is 3.74. The summed E-state index contributed by atoms with van der Waals surface area (Å²) in [6.07, 6.45) is 0.686. The molecule has 29 heavy (non-hydrogen) atoms. The average molecular weight is 397 g/mol. The number of aliphatic hydroxyl groups excluding tert-OH is 1. The second-order valence-electron chi connectivity index (χ2n) is 7.52. The predicted molar refractivity (Wildman–Crippen MR) is 110 cm³/mol. The van der Waals surface area contributed by atoms with E-state index in [0.29, 0.717) is 18.9 Å². The first-order valence-electron chi connectivity index (χ1n) is 10.1. The highest BCUT2D eigenvalue weighted by Crippen LogP contribution is 2.31. The topological polar surface area (TPSA) is 83.1 Å². The van der Waals surface area contributed by atoms with E-state index in [0.717, 1.165) is 37.4 Å². The molecule has 4 rings (SSSR count). The number of fused-ring (bicyclic) bond motifs is 1. The molecular weight excluding hydrogens is 370 g/mol. The van der Waals surface area contributed by atoms with E-state index in [-0.39, 0.29) is 18.2 Å². The monoisotopic (exact) mass is 397 g/mol. The van der Waals surface area contributed by atoms with Crippen LogP contribution in [0.1, 0.15) is 12.8 Å². The van der Waals surface area contributed by atoms with Crippen molar-refractivity contribution in [3.63, 3.8) is 0 Å². The number of aliphatic hydroxyl groups is 1. The molecule has 2 unspecified atom stereocenters. The van der Waals surface area contributed by atoms with E-state index in [2.05, 4.69) is 15.5 Å². The number of urea groups is 1. The number of nitrogens with one attached hydrogen (secondary N) is 2. The summed E-state index contributed by atoms with van der Waals surface area (Å²) in [7, 11) is 0. The van der Waals surface area contributed by atoms with E-state index in [1.54, 1.807) is 0 Å². The van der Waals surface area contributed by atoms with Crippen LogP contribution in [0.5, 0.6) is 11.5 Å². The van der Waals surface area contributed by atoms with Gasteiger partial charge in [-0.3, -0.25) is 0 Å². The zero-order chi connectivity index (χ0) is 20.1. The van der Waals surface area contributed by atoms with Crippen LogP contribution in [0.15, 0.2) is 54.6 Å². The van der Waals surface area contributed by atoms with Gasteiger partial charge in [-0.15, -0.1) is 0 Å². The summed E-state index contributed by atoms with van der Waals surface area (Å²) in [5.41, 5.74) is 0.779. The minimum absolute atomic E-state index is 0.133. The lowest BCUT2D eigenvalue weighted by atomic mass is 10.0. The van der Waals surface area contributed by atoms with Crippen molar-refractivity contribution in [2.75, 3.05) is 31.6 Å². The van der Waals surface area contributed by atoms with Crippen molar-refractivity contribution >= 4 is 11.7 Å². The Kier molecular flexibility index (Phi) is 6.17. The summed E-state index contributed by atoms with van der Waals surface area (Å²) < 4.78 is 11.6. The predicted octanol–water partition coefficient (Wildman–Crippen LogP) is 2.47. The molecule has 0 aliphatic carbocycles. The molecule has 2 aliphatic rings. The highest BCUT2D eigenvalue weighted by atomic mass is 16.6. The lowest BCUT2D eigenvalue weighted by molar-refractivity contribution is -0.0282. The van der Waals surface area contributed by atoms with Gasteiger partial charge in [0.25, 0.3) is 0 Å². The highest BCUT2D eigenvalue weighted by molar-refractivity contribution is 5.89. The lowest BCUT2D eigenvalue weighted by Gasteiger charge is -2.36. The Hall–Kier alpha value is -2.77. The number of anilines is 1. The standard InChI is InChI=1S/C22H27N3O4/c26-18(21-15-28-19-8-4-5-9-20(19)29-21)14-25-12-10-17(11-13-25)24-22(27)23-16-6-2-1-3-7-16/h1-9,17-18,21,26H,10-15H2,(H2,23,24,27). The molecule has 0 bridgehead atoms. The number of nitrogens with zero attached hydrogens (tertiary/aromatic N) is 1. The van der Waals surface area contributed by atoms with E-state index >= 15 is 0 Å². The quantitative estimate of drug-likeness (QED) is 0.722. The van der Waals surface area contributed by atoms with E-state index in [4.69, 9.17) is 9.47 Å². The van der Waals surface area contributed by atoms with Gasteiger partial charge in [-0.1, -0.05) is 30.3 Å². The number of hydrogen-bond acceptors (Lipinski definition) is 5. The SMILES string of the molecule is O=C(Nc1ccccc1)NC1CCN(CC(O)C2COc3ccccc3O2)CC1. The van der Waals surface area contributed by atoms with Gasteiger partial charge in [0.2, 0.25) is 0 Å². The molecule has 2 aliphatic heterocycles. The molecule has 3 N–H and O–H groups in total. The first-order valence-corrected chi connectivity index (χ1v) is 10.1. The number of likely N-dealkylation sites (tertiary alicyclic amines) is 1. The van der Waals surface area contributed by atoms with Crippen LogP contribution in [0.3, 0.4) is 0 Å². The number of hydrogen-bond donors (Lipinski definition) is 3. The number of carbonyl (C=O) groups is 1. The molecule has 2 heterocycles. The summed E-state index contributed by atoms with van der Waals surface area (Å²) in [6.45, 7) is 2.50. The average Bonchev–Trinajstić information content (AvgIpc) is 2.75. The number of para-hydroxylation sites is 3. The molecular formula is C22H27N3O4. The maximum atomic E-state index is 12.1. The third-order valence-corrected chi connectivity index (χ3v) is 5.36. The Balaban J connectivity index is 1.19. The molecule has 2 aromatic carbocycles.